The first-order valence-corrected chi connectivity index (χ1v) is 8.33. The molecule has 1 nitrogen and oxygen atoms in total. The number of aryl methyl sites for hydroxylation is 2. The largest absolute Gasteiger partial charge is 0.313 e. The van der Waals surface area contributed by atoms with Crippen LogP contribution in [0.25, 0.3) is 0 Å². The first-order chi connectivity index (χ1) is 9.89. The van der Waals surface area contributed by atoms with Crippen LogP contribution in [0, 0.1) is 31.0 Å². The minimum Gasteiger partial charge on any atom is -0.313 e. The van der Waals surface area contributed by atoms with Gasteiger partial charge in [-0.25, -0.2) is 4.39 Å². The number of hydrogen-bond acceptors (Lipinski definition) is 1. The van der Waals surface area contributed by atoms with Crippen LogP contribution in [0.5, 0.6) is 0 Å². The normalized spacial score (nSPS) is 19.2. The third-order valence-corrected chi connectivity index (χ3v) is 5.16. The van der Waals surface area contributed by atoms with Crippen LogP contribution >= 0.6 is 0 Å². The Kier molecular flexibility index (Phi) is 5.08. The molecule has 0 amide bonds. The van der Waals surface area contributed by atoms with Crippen molar-refractivity contribution in [1.29, 1.82) is 0 Å². The van der Waals surface area contributed by atoms with E-state index in [1.807, 2.05) is 13.8 Å². The summed E-state index contributed by atoms with van der Waals surface area (Å²) in [6, 6.07) is 3.71. The standard InChI is InChI=1S/C19H30FN/c1-13(2)12-19(8-6-7-9-19)18(21-5)17-14(3)10-16(20)11-15(17)4/h10-11,13,18,21H,6-9,12H2,1-5H3. The molecule has 1 aromatic carbocycles. The first-order valence-electron chi connectivity index (χ1n) is 8.33. The van der Waals surface area contributed by atoms with Crippen LogP contribution < -0.4 is 5.32 Å². The summed E-state index contributed by atoms with van der Waals surface area (Å²) in [4.78, 5) is 0. The lowest BCUT2D eigenvalue weighted by Crippen LogP contribution is -2.36. The average Bonchev–Trinajstić information content (AvgIpc) is 2.81. The molecule has 0 heterocycles. The van der Waals surface area contributed by atoms with Gasteiger partial charge in [0.05, 0.1) is 0 Å². The smallest absolute Gasteiger partial charge is 0.123 e. The van der Waals surface area contributed by atoms with Crippen LogP contribution in [0.2, 0.25) is 0 Å². The minimum atomic E-state index is -0.118. The van der Waals surface area contributed by atoms with Crippen LogP contribution in [-0.2, 0) is 0 Å². The van der Waals surface area contributed by atoms with Gasteiger partial charge in [0.25, 0.3) is 0 Å². The fraction of sp³-hybridized carbons (Fsp3) is 0.684. The summed E-state index contributed by atoms with van der Waals surface area (Å²) in [6.45, 7) is 8.73. The van der Waals surface area contributed by atoms with E-state index in [9.17, 15) is 4.39 Å². The predicted octanol–water partition coefficient (Wildman–Crippen LogP) is 5.31. The molecule has 0 aromatic heterocycles. The van der Waals surface area contributed by atoms with Crippen LogP contribution in [0.15, 0.2) is 12.1 Å². The van der Waals surface area contributed by atoms with Gasteiger partial charge < -0.3 is 5.32 Å². The van der Waals surface area contributed by atoms with E-state index in [2.05, 4.69) is 26.2 Å². The number of benzene rings is 1. The molecule has 1 atom stereocenters. The van der Waals surface area contributed by atoms with Crippen molar-refractivity contribution in [3.05, 3.63) is 34.6 Å². The predicted molar refractivity (Wildman–Crippen MR) is 88.0 cm³/mol. The van der Waals surface area contributed by atoms with E-state index in [1.54, 1.807) is 12.1 Å². The molecular formula is C19H30FN. The van der Waals surface area contributed by atoms with E-state index < -0.39 is 0 Å². The Labute approximate surface area is 129 Å². The molecule has 21 heavy (non-hydrogen) atoms. The van der Waals surface area contributed by atoms with Crippen LogP contribution in [-0.4, -0.2) is 7.05 Å². The summed E-state index contributed by atoms with van der Waals surface area (Å²) in [6.07, 6.45) is 6.46. The van der Waals surface area contributed by atoms with E-state index in [1.165, 1.54) is 37.7 Å². The molecular weight excluding hydrogens is 261 g/mol. The van der Waals surface area contributed by atoms with Crippen LogP contribution in [0.3, 0.4) is 0 Å². The van der Waals surface area contributed by atoms with E-state index in [0.29, 0.717) is 17.4 Å². The van der Waals surface area contributed by atoms with Gasteiger partial charge in [-0.3, -0.25) is 0 Å². The summed E-state index contributed by atoms with van der Waals surface area (Å²) >= 11 is 0. The highest BCUT2D eigenvalue weighted by atomic mass is 19.1. The maximum Gasteiger partial charge on any atom is 0.123 e. The van der Waals surface area contributed by atoms with Crippen LogP contribution in [0.1, 0.15) is 68.7 Å². The summed E-state index contributed by atoms with van der Waals surface area (Å²) in [5, 5.41) is 3.59. The molecule has 0 saturated heterocycles. The van der Waals surface area contributed by atoms with Crippen molar-refractivity contribution < 1.29 is 4.39 Å². The molecule has 0 spiro atoms. The molecule has 1 N–H and O–H groups in total. The van der Waals surface area contributed by atoms with Gasteiger partial charge >= 0.3 is 0 Å². The molecule has 1 saturated carbocycles. The van der Waals surface area contributed by atoms with Crippen molar-refractivity contribution in [3.63, 3.8) is 0 Å². The highest BCUT2D eigenvalue weighted by Gasteiger charge is 2.42. The van der Waals surface area contributed by atoms with E-state index >= 15 is 0 Å². The summed E-state index contributed by atoms with van der Waals surface area (Å²) in [5.74, 6) is 0.577. The van der Waals surface area contributed by atoms with Gasteiger partial charge in [-0.2, -0.15) is 0 Å². The van der Waals surface area contributed by atoms with Gasteiger partial charge in [0.2, 0.25) is 0 Å². The summed E-state index contributed by atoms with van der Waals surface area (Å²) < 4.78 is 13.6. The monoisotopic (exact) mass is 291 g/mol. The maximum absolute atomic E-state index is 13.6. The van der Waals surface area contributed by atoms with E-state index in [0.717, 1.165) is 11.1 Å². The second-order valence-electron chi connectivity index (χ2n) is 7.34. The van der Waals surface area contributed by atoms with Crippen molar-refractivity contribution in [2.75, 3.05) is 7.05 Å². The zero-order valence-corrected chi connectivity index (χ0v) is 14.2. The Morgan fingerprint density at radius 1 is 1.14 bits per heavy atom. The number of rotatable bonds is 5. The lowest BCUT2D eigenvalue weighted by molar-refractivity contribution is 0.161. The molecule has 1 aromatic rings. The first kappa shape index (κ1) is 16.5. The zero-order chi connectivity index (χ0) is 15.6. The van der Waals surface area contributed by atoms with Crippen molar-refractivity contribution >= 4 is 0 Å². The third-order valence-electron chi connectivity index (χ3n) is 5.16. The number of hydrogen-bond donors (Lipinski definition) is 1. The Morgan fingerprint density at radius 2 is 1.67 bits per heavy atom. The Hall–Kier alpha value is -0.890. The fourth-order valence-corrected chi connectivity index (χ4v) is 4.64. The van der Waals surface area contributed by atoms with Crippen molar-refractivity contribution in [3.8, 4) is 0 Å². The Bertz CT molecular complexity index is 463. The van der Waals surface area contributed by atoms with Gasteiger partial charge in [0, 0.05) is 6.04 Å². The second kappa shape index (κ2) is 6.48. The molecule has 1 aliphatic rings. The minimum absolute atomic E-state index is 0.118. The molecule has 2 heteroatoms. The molecule has 2 rings (SSSR count). The van der Waals surface area contributed by atoms with E-state index in [-0.39, 0.29) is 5.82 Å². The van der Waals surface area contributed by atoms with Gasteiger partial charge in [-0.1, -0.05) is 26.7 Å². The molecule has 0 bridgehead atoms. The van der Waals surface area contributed by atoms with Gasteiger partial charge in [-0.05, 0) is 80.3 Å². The maximum atomic E-state index is 13.6. The van der Waals surface area contributed by atoms with Crippen molar-refractivity contribution in [2.24, 2.45) is 11.3 Å². The average molecular weight is 291 g/mol. The lowest BCUT2D eigenvalue weighted by atomic mass is 9.69. The quantitative estimate of drug-likeness (QED) is 0.775. The molecule has 1 unspecified atom stereocenters. The topological polar surface area (TPSA) is 12.0 Å². The fourth-order valence-electron chi connectivity index (χ4n) is 4.64. The molecule has 0 radical (unpaired) electrons. The van der Waals surface area contributed by atoms with Crippen molar-refractivity contribution in [1.82, 2.24) is 5.32 Å². The summed E-state index contributed by atoms with van der Waals surface area (Å²) in [5.41, 5.74) is 3.82. The lowest BCUT2D eigenvalue weighted by Gasteiger charge is -2.41. The highest BCUT2D eigenvalue weighted by Crippen LogP contribution is 2.52. The Morgan fingerprint density at radius 3 is 2.10 bits per heavy atom. The van der Waals surface area contributed by atoms with Crippen molar-refractivity contribution in [2.45, 2.75) is 65.8 Å². The number of halogens is 1. The SMILES string of the molecule is CNC(c1c(C)cc(F)cc1C)C1(CC(C)C)CCCC1. The van der Waals surface area contributed by atoms with E-state index in [4.69, 9.17) is 0 Å². The molecule has 118 valence electrons. The molecule has 1 fully saturated rings. The highest BCUT2D eigenvalue weighted by molar-refractivity contribution is 5.38. The zero-order valence-electron chi connectivity index (χ0n) is 14.2. The van der Waals surface area contributed by atoms with Gasteiger partial charge in [0.1, 0.15) is 5.82 Å². The van der Waals surface area contributed by atoms with Crippen LogP contribution in [0.4, 0.5) is 4.39 Å². The molecule has 1 aliphatic carbocycles. The van der Waals surface area contributed by atoms with Gasteiger partial charge in [0.15, 0.2) is 0 Å². The third kappa shape index (κ3) is 3.31. The number of nitrogens with one attached hydrogen (secondary N) is 1. The second-order valence-corrected chi connectivity index (χ2v) is 7.34. The summed E-state index contributed by atoms with van der Waals surface area (Å²) in [7, 11) is 2.06. The molecule has 0 aliphatic heterocycles. The van der Waals surface area contributed by atoms with Gasteiger partial charge in [-0.15, -0.1) is 0 Å². The Balaban J connectivity index is 2.47.